The van der Waals surface area contributed by atoms with Gasteiger partial charge in [-0.25, -0.2) is 8.78 Å². The molecule has 0 saturated carbocycles. The molecule has 2 saturated heterocycles. The van der Waals surface area contributed by atoms with E-state index in [1.165, 1.54) is 21.9 Å². The summed E-state index contributed by atoms with van der Waals surface area (Å²) in [6, 6.07) is 5.32. The molecule has 22 nitrogen and oxygen atoms in total. The highest BCUT2D eigenvalue weighted by Crippen LogP contribution is 2.53. The topological polar surface area (TPSA) is 257 Å². The van der Waals surface area contributed by atoms with Crippen LogP contribution >= 0.6 is 15.2 Å². The zero-order valence-electron chi connectivity index (χ0n) is 42.2. The van der Waals surface area contributed by atoms with E-state index in [1.807, 2.05) is 33.7 Å². The second kappa shape index (κ2) is 20.3. The summed E-state index contributed by atoms with van der Waals surface area (Å²) in [5.41, 5.74) is 0.328. The number of carbonyl (C=O) groups is 2. The van der Waals surface area contributed by atoms with E-state index in [4.69, 9.17) is 33.3 Å². The van der Waals surface area contributed by atoms with Crippen LogP contribution in [0.25, 0.3) is 0 Å². The molecule has 10 rings (SSSR count). The van der Waals surface area contributed by atoms with Gasteiger partial charge in [0.2, 0.25) is 23.7 Å². The van der Waals surface area contributed by atoms with Crippen molar-refractivity contribution in [3.05, 3.63) is 78.9 Å². The number of aromatic amines is 2. The first-order chi connectivity index (χ1) is 35.1. The van der Waals surface area contributed by atoms with Crippen molar-refractivity contribution >= 4 is 61.9 Å². The van der Waals surface area contributed by atoms with Gasteiger partial charge < -0.3 is 57.7 Å². The first-order valence-electron chi connectivity index (χ1n) is 24.7. The van der Waals surface area contributed by atoms with E-state index in [0.717, 1.165) is 32.0 Å². The molecule has 0 radical (unpaired) electrons. The number of likely N-dealkylation sites (N-methyl/N-ethyl adjacent to an activating group) is 2. The second-order valence-electron chi connectivity index (χ2n) is 19.6. The molecular formula is C48H62F2N10O12P2. The number of piperidine rings is 2. The Labute approximate surface area is 425 Å². The Morgan fingerprint density at radius 1 is 0.622 bits per heavy atom. The quantitative estimate of drug-likeness (QED) is 0.140. The number of fused-ring (bicyclic) bond motifs is 6. The minimum absolute atomic E-state index is 0.0568. The van der Waals surface area contributed by atoms with E-state index in [0.29, 0.717) is 116 Å². The van der Waals surface area contributed by atoms with Crippen LogP contribution in [-0.4, -0.2) is 135 Å². The summed E-state index contributed by atoms with van der Waals surface area (Å²) in [5.74, 6) is 0.717. The number of hydrogen-bond acceptors (Lipinski definition) is 16. The zero-order chi connectivity index (χ0) is 53.1. The predicted octanol–water partition coefficient (Wildman–Crippen LogP) is 4.73. The Kier molecular flexibility index (Phi) is 14.5. The van der Waals surface area contributed by atoms with Crippen LogP contribution in [0.1, 0.15) is 74.6 Å². The molecule has 26 heteroatoms. The molecule has 400 valence electrons. The van der Waals surface area contributed by atoms with Crippen LogP contribution < -0.4 is 50.0 Å². The lowest BCUT2D eigenvalue weighted by molar-refractivity contribution is -0.124. The monoisotopic (exact) mass is 1070 g/mol. The first kappa shape index (κ1) is 52.9. The number of carbonyl (C=O) groups excluding carboxylic acids is 2. The first-order valence-corrected chi connectivity index (χ1v) is 28.3. The van der Waals surface area contributed by atoms with Gasteiger partial charge in [-0.1, -0.05) is 0 Å². The lowest BCUT2D eigenvalue weighted by Gasteiger charge is -2.39. The van der Waals surface area contributed by atoms with Crippen molar-refractivity contribution in [3.8, 4) is 11.5 Å². The van der Waals surface area contributed by atoms with Gasteiger partial charge in [0.1, 0.15) is 34.8 Å². The standard InChI is InChI=1S/C26H35FN5O6P.C22H27FN5O6P/c1-5-37-39(35,38-6-2)16-36-17-14-19(27)21-20(15-17)31(4)24(34)26(21)9-12-32(13-10-26)25-28-22-18(23(33)29-25)8-7-11-30(22)3;1-26-7-3-4-14-18(26)24-21(25-19(14)29)28-8-5-22(6-9-28)17-15(23)10-13(34-12-35(31,32)33)11-16(17)27(2)20(22)30/h14-15H,5-13,16H2,1-4H3,(H,28,29,33);10-11H,3-9,12H2,1-2H3,(H,24,25,29)(H2,31,32,33). The molecular weight excluding hydrogens is 1010 g/mol. The van der Waals surface area contributed by atoms with Crippen molar-refractivity contribution in [3.63, 3.8) is 0 Å². The second-order valence-corrected chi connectivity index (χ2v) is 23.1. The number of rotatable bonds is 12. The molecule has 0 atom stereocenters. The number of amides is 2. The molecule has 0 unspecified atom stereocenters. The minimum atomic E-state index is -4.44. The molecule has 4 N–H and O–H groups in total. The average Bonchev–Trinajstić information content (AvgIpc) is 3.69. The molecule has 4 aromatic rings. The molecule has 2 aromatic carbocycles. The van der Waals surface area contributed by atoms with E-state index in [1.54, 1.807) is 34.0 Å². The fourth-order valence-electron chi connectivity index (χ4n) is 11.3. The summed E-state index contributed by atoms with van der Waals surface area (Å²) in [6.45, 7) is 7.05. The SMILES string of the molecule is CCOP(=O)(COc1cc(F)c2c(c1)N(C)C(=O)C21CCN(c2nc3c(c(=O)[nH]2)CCCN3C)CC1)OCC.CN1CCCc2c1nc(N1CCC3(CC1)C(=O)N(C)c1cc(OCP(=O)(O)O)cc(F)c13)[nH]c2=O. The summed E-state index contributed by atoms with van der Waals surface area (Å²) in [5, 5.41) is 0. The number of nitrogens with one attached hydrogen (secondary N) is 2. The van der Waals surface area contributed by atoms with E-state index in [2.05, 4.69) is 15.0 Å². The molecule has 8 heterocycles. The molecule has 2 amide bonds. The number of nitrogens with zero attached hydrogens (tertiary/aromatic N) is 8. The van der Waals surface area contributed by atoms with Gasteiger partial charge in [-0.3, -0.25) is 38.3 Å². The van der Waals surface area contributed by atoms with Gasteiger partial charge in [0.15, 0.2) is 12.7 Å². The van der Waals surface area contributed by atoms with Crippen LogP contribution in [0.5, 0.6) is 11.5 Å². The largest absolute Gasteiger partial charge is 0.481 e. The minimum Gasteiger partial charge on any atom is -0.481 e. The smallest absolute Gasteiger partial charge is 0.367 e. The van der Waals surface area contributed by atoms with Crippen molar-refractivity contribution in [2.24, 2.45) is 0 Å². The van der Waals surface area contributed by atoms with Crippen LogP contribution in [0, 0.1) is 11.6 Å². The van der Waals surface area contributed by atoms with Crippen molar-refractivity contribution in [1.29, 1.82) is 0 Å². The van der Waals surface area contributed by atoms with E-state index in [-0.39, 0.29) is 59.6 Å². The number of anilines is 6. The molecule has 0 bridgehead atoms. The van der Waals surface area contributed by atoms with Crippen LogP contribution in [0.15, 0.2) is 33.9 Å². The summed E-state index contributed by atoms with van der Waals surface area (Å²) < 4.78 is 76.1. The van der Waals surface area contributed by atoms with Crippen LogP contribution in [0.3, 0.4) is 0 Å². The number of ether oxygens (including phenoxy) is 2. The third-order valence-electron chi connectivity index (χ3n) is 15.0. The maximum absolute atomic E-state index is 15.7. The number of aromatic nitrogens is 4. The highest BCUT2D eigenvalue weighted by atomic mass is 31.2. The van der Waals surface area contributed by atoms with Crippen LogP contribution in [-0.2, 0) is 51.4 Å². The summed E-state index contributed by atoms with van der Waals surface area (Å²) in [4.78, 5) is 96.2. The highest BCUT2D eigenvalue weighted by Gasteiger charge is 2.55. The Morgan fingerprint density at radius 2 is 1.01 bits per heavy atom. The summed E-state index contributed by atoms with van der Waals surface area (Å²) in [6.07, 6.45) is 3.29. The Bertz CT molecular complexity index is 3070. The van der Waals surface area contributed by atoms with Gasteiger partial charge in [-0.2, -0.15) is 9.97 Å². The molecule has 2 spiro atoms. The van der Waals surface area contributed by atoms with E-state index >= 15 is 8.78 Å². The van der Waals surface area contributed by atoms with E-state index < -0.39 is 44.0 Å². The van der Waals surface area contributed by atoms with Crippen molar-refractivity contribution in [2.75, 3.05) is 123 Å². The van der Waals surface area contributed by atoms with Crippen LogP contribution in [0.4, 0.5) is 43.7 Å². The highest BCUT2D eigenvalue weighted by molar-refractivity contribution is 7.53. The summed E-state index contributed by atoms with van der Waals surface area (Å²) in [7, 11) is -0.936. The Morgan fingerprint density at radius 3 is 1.39 bits per heavy atom. The number of hydrogen-bond donors (Lipinski definition) is 4. The molecule has 2 fully saturated rings. The van der Waals surface area contributed by atoms with Gasteiger partial charge in [-0.15, -0.1) is 0 Å². The maximum Gasteiger partial charge on any atom is 0.367 e. The normalized spacial score (nSPS) is 18.8. The van der Waals surface area contributed by atoms with Crippen molar-refractivity contribution < 1.29 is 55.8 Å². The van der Waals surface area contributed by atoms with Gasteiger partial charge in [0, 0.05) is 103 Å². The van der Waals surface area contributed by atoms with Gasteiger partial charge in [0.05, 0.1) is 46.5 Å². The predicted molar refractivity (Wildman–Crippen MR) is 273 cm³/mol. The third-order valence-corrected chi connectivity index (χ3v) is 17.2. The van der Waals surface area contributed by atoms with Gasteiger partial charge >= 0.3 is 15.2 Å². The average molecular weight is 1070 g/mol. The number of benzene rings is 2. The molecule has 6 aliphatic heterocycles. The van der Waals surface area contributed by atoms with Crippen LogP contribution in [0.2, 0.25) is 0 Å². The molecule has 74 heavy (non-hydrogen) atoms. The lowest BCUT2D eigenvalue weighted by Crippen LogP contribution is -2.49. The molecule has 0 aliphatic carbocycles. The lowest BCUT2D eigenvalue weighted by atomic mass is 9.73. The van der Waals surface area contributed by atoms with Crippen molar-refractivity contribution in [2.45, 2.75) is 76.0 Å². The number of H-pyrrole nitrogens is 2. The Balaban J connectivity index is 0.000000183. The fourth-order valence-corrected chi connectivity index (χ4v) is 13.0. The summed E-state index contributed by atoms with van der Waals surface area (Å²) >= 11 is 0. The third kappa shape index (κ3) is 9.68. The molecule has 2 aromatic heterocycles. The van der Waals surface area contributed by atoms with Gasteiger partial charge in [-0.05, 0) is 65.2 Å². The van der Waals surface area contributed by atoms with Gasteiger partial charge in [0.25, 0.3) is 11.1 Å². The zero-order valence-corrected chi connectivity index (χ0v) is 44.0. The molecule has 6 aliphatic rings. The van der Waals surface area contributed by atoms with Crippen molar-refractivity contribution in [1.82, 2.24) is 19.9 Å². The maximum atomic E-state index is 15.7. The van der Waals surface area contributed by atoms with E-state index in [9.17, 15) is 28.3 Å². The Hall–Kier alpha value is -5.90. The number of halogens is 2. The fraction of sp³-hybridized carbons (Fsp3) is 0.542.